The van der Waals surface area contributed by atoms with E-state index in [1.807, 2.05) is 45.3 Å². The number of nitrogens with zero attached hydrogens (tertiary/aromatic N) is 1. The smallest absolute Gasteiger partial charge is 0.258 e. The van der Waals surface area contributed by atoms with Crippen LogP contribution in [-0.4, -0.2) is 46.8 Å². The van der Waals surface area contributed by atoms with E-state index in [-0.39, 0.29) is 5.78 Å². The summed E-state index contributed by atoms with van der Waals surface area (Å²) in [6.45, 7) is 2.32. The van der Waals surface area contributed by atoms with E-state index in [2.05, 4.69) is 18.0 Å². The minimum atomic E-state index is -0.500. The summed E-state index contributed by atoms with van der Waals surface area (Å²) in [5, 5.41) is 7.47. The average molecular weight is 328 g/mol. The SMILES string of the molecule is Cc1ccc(C(=O)CCOC(=S)N(C)C)cc1.NC(O)=S. The average Bonchev–Trinajstić information content (AvgIpc) is 2.38. The number of hydrogen-bond acceptors (Lipinski definition) is 4. The Balaban J connectivity index is 0.000000885. The van der Waals surface area contributed by atoms with Crippen LogP contribution in [0.25, 0.3) is 0 Å². The quantitative estimate of drug-likeness (QED) is 0.648. The van der Waals surface area contributed by atoms with E-state index in [4.69, 9.17) is 22.1 Å². The molecule has 0 fully saturated rings. The van der Waals surface area contributed by atoms with Gasteiger partial charge in [0.15, 0.2) is 5.78 Å². The molecule has 0 spiro atoms. The zero-order valence-electron chi connectivity index (χ0n) is 12.3. The molecule has 5 nitrogen and oxygen atoms in total. The lowest BCUT2D eigenvalue weighted by atomic mass is 10.1. The Morgan fingerprint density at radius 2 is 1.76 bits per heavy atom. The fraction of sp³-hybridized carbons (Fsp3) is 0.357. The Morgan fingerprint density at radius 1 is 1.29 bits per heavy atom. The van der Waals surface area contributed by atoms with Crippen molar-refractivity contribution in [3.63, 3.8) is 0 Å². The van der Waals surface area contributed by atoms with Crippen LogP contribution in [0.2, 0.25) is 0 Å². The van der Waals surface area contributed by atoms with Gasteiger partial charge in [0.2, 0.25) is 0 Å². The Morgan fingerprint density at radius 3 is 2.19 bits per heavy atom. The van der Waals surface area contributed by atoms with Crippen LogP contribution >= 0.6 is 24.4 Å². The van der Waals surface area contributed by atoms with Crippen molar-refractivity contribution in [2.45, 2.75) is 13.3 Å². The lowest BCUT2D eigenvalue weighted by Crippen LogP contribution is -2.23. The fourth-order valence-corrected chi connectivity index (χ4v) is 1.33. The largest absolute Gasteiger partial charge is 0.487 e. The van der Waals surface area contributed by atoms with Gasteiger partial charge in [-0.2, -0.15) is 0 Å². The molecule has 0 bridgehead atoms. The van der Waals surface area contributed by atoms with Gasteiger partial charge in [0, 0.05) is 26.1 Å². The van der Waals surface area contributed by atoms with Crippen LogP contribution in [0.1, 0.15) is 22.3 Å². The first-order valence-electron chi connectivity index (χ1n) is 6.16. The second-order valence-electron chi connectivity index (χ2n) is 4.39. The van der Waals surface area contributed by atoms with Gasteiger partial charge < -0.3 is 20.5 Å². The second-order valence-corrected chi connectivity index (χ2v) is 5.15. The van der Waals surface area contributed by atoms with Crippen molar-refractivity contribution in [2.75, 3.05) is 20.7 Å². The third kappa shape index (κ3) is 9.75. The molecule has 0 saturated heterocycles. The third-order valence-corrected chi connectivity index (χ3v) is 2.78. The van der Waals surface area contributed by atoms with E-state index in [1.54, 1.807) is 4.90 Å². The summed E-state index contributed by atoms with van der Waals surface area (Å²) in [4.78, 5) is 13.5. The number of aliphatic hydroxyl groups is 1. The highest BCUT2D eigenvalue weighted by Crippen LogP contribution is 2.06. The minimum absolute atomic E-state index is 0.0755. The topological polar surface area (TPSA) is 75.8 Å². The van der Waals surface area contributed by atoms with Gasteiger partial charge in [-0.1, -0.05) is 29.8 Å². The summed E-state index contributed by atoms with van der Waals surface area (Å²) < 4.78 is 5.26. The number of carbonyl (C=O) groups is 1. The van der Waals surface area contributed by atoms with Crippen molar-refractivity contribution in [2.24, 2.45) is 5.73 Å². The molecule has 3 N–H and O–H groups in total. The van der Waals surface area contributed by atoms with E-state index < -0.39 is 5.17 Å². The van der Waals surface area contributed by atoms with Crippen LogP contribution in [0.3, 0.4) is 0 Å². The van der Waals surface area contributed by atoms with E-state index in [0.717, 1.165) is 11.1 Å². The molecule has 0 radical (unpaired) electrons. The number of carbonyl (C=O) groups excluding carboxylic acids is 1. The molecule has 116 valence electrons. The standard InChI is InChI=1S/C13H17NO2S.CH3NOS/c1-10-4-6-11(7-5-10)12(15)8-9-16-13(17)14(2)3;2-1(3)4/h4-7H,8-9H2,1-3H3;(H3,2,3,4). The maximum Gasteiger partial charge on any atom is 0.258 e. The highest BCUT2D eigenvalue weighted by molar-refractivity contribution is 7.80. The number of nitrogens with two attached hydrogens (primary N) is 1. The molecular weight excluding hydrogens is 308 g/mol. The molecule has 1 aromatic rings. The Labute approximate surface area is 135 Å². The normalized spacial score (nSPS) is 9.10. The molecule has 0 saturated carbocycles. The molecule has 0 heterocycles. The Kier molecular flexibility index (Phi) is 9.23. The molecule has 21 heavy (non-hydrogen) atoms. The van der Waals surface area contributed by atoms with Gasteiger partial charge in [-0.3, -0.25) is 4.79 Å². The molecule has 0 aliphatic carbocycles. The second kappa shape index (κ2) is 10.1. The predicted molar refractivity (Wildman–Crippen MR) is 91.8 cm³/mol. The molecule has 0 unspecified atom stereocenters. The molecule has 0 aromatic heterocycles. The van der Waals surface area contributed by atoms with Crippen molar-refractivity contribution < 1.29 is 14.6 Å². The zero-order chi connectivity index (χ0) is 16.4. The molecule has 0 aliphatic rings. The van der Waals surface area contributed by atoms with Gasteiger partial charge in [-0.25, -0.2) is 0 Å². The van der Waals surface area contributed by atoms with Crippen molar-refractivity contribution in [1.29, 1.82) is 0 Å². The van der Waals surface area contributed by atoms with E-state index in [0.29, 0.717) is 18.2 Å². The predicted octanol–water partition coefficient (Wildman–Crippen LogP) is 2.22. The van der Waals surface area contributed by atoms with Crippen LogP contribution in [0.15, 0.2) is 24.3 Å². The number of thiocarbonyl (C=S) groups is 2. The van der Waals surface area contributed by atoms with Crippen molar-refractivity contribution >= 4 is 40.6 Å². The number of ether oxygens (including phenoxy) is 1. The van der Waals surface area contributed by atoms with Gasteiger partial charge in [-0.05, 0) is 31.4 Å². The summed E-state index contributed by atoms with van der Waals surface area (Å²) in [6, 6.07) is 7.53. The van der Waals surface area contributed by atoms with Crippen molar-refractivity contribution in [1.82, 2.24) is 4.90 Å². The highest BCUT2D eigenvalue weighted by Gasteiger charge is 2.06. The van der Waals surface area contributed by atoms with Gasteiger partial charge >= 0.3 is 0 Å². The van der Waals surface area contributed by atoms with Crippen LogP contribution in [-0.2, 0) is 4.74 Å². The first kappa shape index (κ1) is 19.3. The molecule has 1 rings (SSSR count). The van der Waals surface area contributed by atoms with Crippen molar-refractivity contribution in [3.05, 3.63) is 35.4 Å². The maximum atomic E-state index is 11.8. The van der Waals surface area contributed by atoms with Gasteiger partial charge in [0.25, 0.3) is 10.3 Å². The van der Waals surface area contributed by atoms with Gasteiger partial charge in [-0.15, -0.1) is 0 Å². The molecule has 0 atom stereocenters. The number of aliphatic hydroxyl groups excluding tert-OH is 1. The monoisotopic (exact) mass is 328 g/mol. The highest BCUT2D eigenvalue weighted by atomic mass is 32.1. The summed E-state index contributed by atoms with van der Waals surface area (Å²) in [7, 11) is 3.62. The Bertz CT molecular complexity index is 483. The molecule has 1 aromatic carbocycles. The lowest BCUT2D eigenvalue weighted by molar-refractivity contribution is 0.0956. The third-order valence-electron chi connectivity index (χ3n) is 2.29. The number of rotatable bonds is 4. The van der Waals surface area contributed by atoms with Gasteiger partial charge in [0.05, 0.1) is 6.61 Å². The number of hydrogen-bond donors (Lipinski definition) is 2. The first-order chi connectivity index (χ1) is 9.73. The van der Waals surface area contributed by atoms with Crippen LogP contribution < -0.4 is 5.73 Å². The summed E-state index contributed by atoms with van der Waals surface area (Å²) >= 11 is 8.83. The molecule has 7 heteroatoms. The van der Waals surface area contributed by atoms with E-state index >= 15 is 0 Å². The molecule has 0 aliphatic heterocycles. The molecular formula is C14H20N2O3S2. The van der Waals surface area contributed by atoms with Crippen LogP contribution in [0.4, 0.5) is 0 Å². The Hall–Kier alpha value is -1.73. The van der Waals surface area contributed by atoms with Crippen molar-refractivity contribution in [3.8, 4) is 0 Å². The summed E-state index contributed by atoms with van der Waals surface area (Å²) in [5.41, 5.74) is 6.26. The summed E-state index contributed by atoms with van der Waals surface area (Å²) in [6.07, 6.45) is 0.344. The first-order valence-corrected chi connectivity index (χ1v) is 6.98. The number of Topliss-reactive ketones (excluding diaryl/α,β-unsaturated/α-hetero) is 1. The number of benzene rings is 1. The maximum absolute atomic E-state index is 11.8. The van der Waals surface area contributed by atoms with Gasteiger partial charge in [0.1, 0.15) is 0 Å². The lowest BCUT2D eigenvalue weighted by Gasteiger charge is -2.13. The van der Waals surface area contributed by atoms with Crippen LogP contribution in [0.5, 0.6) is 0 Å². The molecule has 0 amide bonds. The zero-order valence-corrected chi connectivity index (χ0v) is 14.0. The fourth-order valence-electron chi connectivity index (χ4n) is 1.24. The van der Waals surface area contributed by atoms with E-state index in [9.17, 15) is 4.79 Å². The van der Waals surface area contributed by atoms with E-state index in [1.165, 1.54) is 0 Å². The van der Waals surface area contributed by atoms with Crippen LogP contribution in [0, 0.1) is 6.92 Å². The minimum Gasteiger partial charge on any atom is -0.487 e. The number of ketones is 1. The number of aryl methyl sites for hydroxylation is 1. The summed E-state index contributed by atoms with van der Waals surface area (Å²) in [5.74, 6) is 0.0755.